The average Bonchev–Trinajstić information content (AvgIpc) is 3.27. The molecule has 0 aromatic heterocycles. The minimum atomic E-state index is -0.457. The molecule has 0 bridgehead atoms. The van der Waals surface area contributed by atoms with Crippen LogP contribution in [0.5, 0.6) is 0 Å². The fourth-order valence-corrected chi connectivity index (χ4v) is 4.32. The van der Waals surface area contributed by atoms with Crippen molar-refractivity contribution in [1.29, 1.82) is 5.41 Å². The van der Waals surface area contributed by atoms with Crippen LogP contribution in [0, 0.1) is 5.41 Å². The number of likely N-dealkylation sites (tertiary alicyclic amines) is 1. The summed E-state index contributed by atoms with van der Waals surface area (Å²) in [5.41, 5.74) is 0. The Labute approximate surface area is 164 Å². The number of amides is 1. The number of carbonyl (C=O) groups excluding carboxylic acids is 3. The molecule has 0 aromatic carbocycles. The monoisotopic (exact) mass is 396 g/mol. The highest BCUT2D eigenvalue weighted by molar-refractivity contribution is 8.14. The van der Waals surface area contributed by atoms with Gasteiger partial charge in [-0.2, -0.15) is 0 Å². The van der Waals surface area contributed by atoms with Gasteiger partial charge in [-0.25, -0.2) is 0 Å². The molecule has 2 aliphatic rings. The summed E-state index contributed by atoms with van der Waals surface area (Å²) >= 11 is 1.29. The van der Waals surface area contributed by atoms with Crippen LogP contribution >= 0.6 is 11.8 Å². The fraction of sp³-hybridized carbons (Fsp3) is 0.667. The second kappa shape index (κ2) is 9.89. The van der Waals surface area contributed by atoms with Crippen LogP contribution in [0.4, 0.5) is 0 Å². The molecule has 8 nitrogen and oxygen atoms in total. The van der Waals surface area contributed by atoms with E-state index in [0.29, 0.717) is 26.1 Å². The lowest BCUT2D eigenvalue weighted by Crippen LogP contribution is -2.45. The van der Waals surface area contributed by atoms with Gasteiger partial charge in [0.25, 0.3) is 0 Å². The molecule has 0 aliphatic carbocycles. The molecule has 3 atom stereocenters. The van der Waals surface area contributed by atoms with Crippen molar-refractivity contribution in [3.8, 4) is 0 Å². The van der Waals surface area contributed by atoms with Gasteiger partial charge >= 0.3 is 5.97 Å². The summed E-state index contributed by atoms with van der Waals surface area (Å²) < 4.78 is 4.92. The topological polar surface area (TPSA) is 103 Å². The van der Waals surface area contributed by atoms with Crippen LogP contribution in [0.1, 0.15) is 26.2 Å². The predicted molar refractivity (Wildman–Crippen MR) is 105 cm³/mol. The van der Waals surface area contributed by atoms with Crippen molar-refractivity contribution in [2.45, 2.75) is 43.5 Å². The van der Waals surface area contributed by atoms with Gasteiger partial charge in [0, 0.05) is 44.9 Å². The number of carbonyl (C=O) groups is 3. The van der Waals surface area contributed by atoms with E-state index in [9.17, 15) is 14.4 Å². The van der Waals surface area contributed by atoms with E-state index in [-0.39, 0.29) is 47.2 Å². The smallest absolute Gasteiger partial charge is 0.313 e. The number of hydrogen-bond donors (Lipinski definition) is 2. The highest BCUT2D eigenvalue weighted by atomic mass is 32.2. The summed E-state index contributed by atoms with van der Waals surface area (Å²) in [7, 11) is 1.77. The number of rotatable bonds is 7. The van der Waals surface area contributed by atoms with Gasteiger partial charge in [0.05, 0.1) is 6.04 Å². The van der Waals surface area contributed by atoms with Crippen molar-refractivity contribution in [3.63, 3.8) is 0 Å². The Morgan fingerprint density at radius 1 is 1.44 bits per heavy atom. The van der Waals surface area contributed by atoms with Crippen molar-refractivity contribution >= 4 is 34.6 Å². The average molecular weight is 397 g/mol. The van der Waals surface area contributed by atoms with Crippen molar-refractivity contribution in [2.75, 3.05) is 33.3 Å². The maximum absolute atomic E-state index is 12.7. The molecule has 0 spiro atoms. The molecule has 2 N–H and O–H groups in total. The van der Waals surface area contributed by atoms with Gasteiger partial charge in [0.1, 0.15) is 18.9 Å². The number of thioether (sulfide) groups is 1. The third kappa shape index (κ3) is 6.07. The van der Waals surface area contributed by atoms with E-state index in [4.69, 9.17) is 10.1 Å². The molecule has 2 rings (SSSR count). The Bertz CT molecular complexity index is 612. The summed E-state index contributed by atoms with van der Waals surface area (Å²) in [6, 6.07) is -0.239. The summed E-state index contributed by atoms with van der Waals surface area (Å²) in [4.78, 5) is 39.2. The number of esters is 1. The Morgan fingerprint density at radius 2 is 2.19 bits per heavy atom. The highest BCUT2D eigenvalue weighted by Crippen LogP contribution is 2.24. The summed E-state index contributed by atoms with van der Waals surface area (Å²) in [5.74, 6) is -0.225. The molecule has 2 aliphatic heterocycles. The zero-order valence-corrected chi connectivity index (χ0v) is 16.7. The van der Waals surface area contributed by atoms with E-state index < -0.39 is 5.97 Å². The van der Waals surface area contributed by atoms with E-state index >= 15 is 0 Å². The minimum absolute atomic E-state index is 0.0115. The number of hydrogen-bond acceptors (Lipinski definition) is 7. The van der Waals surface area contributed by atoms with Gasteiger partial charge in [-0.15, -0.1) is 0 Å². The van der Waals surface area contributed by atoms with Gasteiger partial charge in [0.15, 0.2) is 5.12 Å². The summed E-state index contributed by atoms with van der Waals surface area (Å²) in [5, 5.41) is 11.5. The van der Waals surface area contributed by atoms with Crippen molar-refractivity contribution in [2.24, 2.45) is 0 Å². The fourth-order valence-electron chi connectivity index (χ4n) is 3.38. The lowest BCUT2D eigenvalue weighted by molar-refractivity contribution is -0.141. The first-order valence-electron chi connectivity index (χ1n) is 9.08. The number of nitrogens with zero attached hydrogens (tertiary/aromatic N) is 2. The van der Waals surface area contributed by atoms with Gasteiger partial charge in [-0.1, -0.05) is 24.4 Å². The molecule has 0 aromatic rings. The Kier molecular flexibility index (Phi) is 7.85. The van der Waals surface area contributed by atoms with Gasteiger partial charge in [-0.3, -0.25) is 19.8 Å². The molecule has 0 saturated carbocycles. The normalized spacial score (nSPS) is 24.5. The largest absolute Gasteiger partial charge is 0.461 e. The molecule has 2 saturated heterocycles. The standard InChI is InChI=1S/C18H28N4O4S/c1-4-7-26-17(24)9-16(19)21(3)13-5-6-22(11-13)18(25)15-8-14(10-20-15)27-12(2)23/h4,13-15,19-20H,1,5-11H2,2-3H3/t13-,14-,15-/m0/s1. The maximum atomic E-state index is 12.7. The van der Waals surface area contributed by atoms with E-state index in [1.807, 2.05) is 4.90 Å². The Hall–Kier alpha value is -1.87. The first-order valence-corrected chi connectivity index (χ1v) is 9.96. The van der Waals surface area contributed by atoms with Crippen LogP contribution in [-0.4, -0.2) is 83.2 Å². The van der Waals surface area contributed by atoms with Gasteiger partial charge in [0.2, 0.25) is 5.91 Å². The summed E-state index contributed by atoms with van der Waals surface area (Å²) in [6.07, 6.45) is 2.81. The lowest BCUT2D eigenvalue weighted by atomic mass is 10.2. The molecule has 9 heteroatoms. The first-order chi connectivity index (χ1) is 12.8. The molecule has 27 heavy (non-hydrogen) atoms. The van der Waals surface area contributed by atoms with Crippen LogP contribution in [0.15, 0.2) is 12.7 Å². The molecule has 2 heterocycles. The second-order valence-electron chi connectivity index (χ2n) is 6.86. The number of amidine groups is 1. The zero-order valence-electron chi connectivity index (χ0n) is 15.9. The Morgan fingerprint density at radius 3 is 2.85 bits per heavy atom. The second-order valence-corrected chi connectivity index (χ2v) is 8.34. The molecule has 1 amide bonds. The van der Waals surface area contributed by atoms with E-state index in [0.717, 1.165) is 6.42 Å². The van der Waals surface area contributed by atoms with Crippen molar-refractivity contribution < 1.29 is 19.1 Å². The van der Waals surface area contributed by atoms with Gasteiger partial charge in [-0.05, 0) is 12.8 Å². The van der Waals surface area contributed by atoms with Crippen LogP contribution in [0.3, 0.4) is 0 Å². The van der Waals surface area contributed by atoms with Crippen LogP contribution in [0.2, 0.25) is 0 Å². The highest BCUT2D eigenvalue weighted by Gasteiger charge is 2.37. The molecule has 150 valence electrons. The Balaban J connectivity index is 1.80. The summed E-state index contributed by atoms with van der Waals surface area (Å²) in [6.45, 7) is 6.99. The lowest BCUT2D eigenvalue weighted by Gasteiger charge is -2.27. The predicted octanol–water partition coefficient (Wildman–Crippen LogP) is 0.626. The van der Waals surface area contributed by atoms with Crippen LogP contribution in [-0.2, 0) is 19.1 Å². The van der Waals surface area contributed by atoms with E-state index in [1.54, 1.807) is 18.9 Å². The third-order valence-electron chi connectivity index (χ3n) is 4.84. The van der Waals surface area contributed by atoms with E-state index in [2.05, 4.69) is 11.9 Å². The number of likely N-dealkylation sites (N-methyl/N-ethyl adjacent to an activating group) is 1. The van der Waals surface area contributed by atoms with Crippen molar-refractivity contribution in [1.82, 2.24) is 15.1 Å². The molecular formula is C18H28N4O4S. The quantitative estimate of drug-likeness (QED) is 0.281. The third-order valence-corrected chi connectivity index (χ3v) is 5.87. The first kappa shape index (κ1) is 21.4. The molecule has 2 fully saturated rings. The van der Waals surface area contributed by atoms with Crippen LogP contribution < -0.4 is 5.32 Å². The van der Waals surface area contributed by atoms with Crippen molar-refractivity contribution in [3.05, 3.63) is 12.7 Å². The van der Waals surface area contributed by atoms with E-state index in [1.165, 1.54) is 17.8 Å². The van der Waals surface area contributed by atoms with Gasteiger partial charge < -0.3 is 19.9 Å². The minimum Gasteiger partial charge on any atom is -0.461 e. The maximum Gasteiger partial charge on any atom is 0.313 e. The SMILES string of the molecule is C=CCOC(=O)CC(=N)N(C)[C@H]1CCN(C(=O)[C@@H]2C[C@H](SC(C)=O)CN2)C1. The molecule has 0 radical (unpaired) electrons. The zero-order chi connectivity index (χ0) is 20.0. The van der Waals surface area contributed by atoms with Crippen LogP contribution in [0.25, 0.3) is 0 Å². The number of ether oxygens (including phenoxy) is 1. The molecular weight excluding hydrogens is 368 g/mol. The molecule has 0 unspecified atom stereocenters. The number of nitrogens with one attached hydrogen (secondary N) is 2.